The van der Waals surface area contributed by atoms with Crippen molar-refractivity contribution in [3.63, 3.8) is 0 Å². The molecule has 6 heteroatoms. The molecule has 0 aliphatic carbocycles. The first-order valence-electron chi connectivity index (χ1n) is 5.35. The molecular weight excluding hydrogens is 218 g/mol. The van der Waals surface area contributed by atoms with Crippen molar-refractivity contribution >= 4 is 11.9 Å². The van der Waals surface area contributed by atoms with Crippen LogP contribution >= 0.6 is 0 Å². The van der Waals surface area contributed by atoms with E-state index in [1.807, 2.05) is 32.0 Å². The van der Waals surface area contributed by atoms with Gasteiger partial charge in [-0.3, -0.25) is 10.1 Å². The average molecular weight is 231 g/mol. The molecule has 0 saturated heterocycles. The number of aromatic nitrogens is 4. The summed E-state index contributed by atoms with van der Waals surface area (Å²) in [6.45, 7) is 4.40. The molecule has 0 aliphatic rings. The van der Waals surface area contributed by atoms with Gasteiger partial charge in [0.25, 0.3) is 11.9 Å². The molecule has 0 atom stereocenters. The van der Waals surface area contributed by atoms with Crippen LogP contribution in [0.15, 0.2) is 24.3 Å². The lowest BCUT2D eigenvalue weighted by atomic mass is 10.1. The minimum Gasteiger partial charge on any atom is -0.288 e. The van der Waals surface area contributed by atoms with Gasteiger partial charge in [-0.15, -0.1) is 5.10 Å². The second-order valence-electron chi connectivity index (χ2n) is 3.57. The van der Waals surface area contributed by atoms with Gasteiger partial charge in [-0.2, -0.15) is 4.80 Å². The second kappa shape index (κ2) is 4.73. The Hall–Kier alpha value is -2.24. The number of amides is 1. The van der Waals surface area contributed by atoms with E-state index in [1.165, 1.54) is 4.80 Å². The number of anilines is 1. The maximum atomic E-state index is 11.9. The lowest BCUT2D eigenvalue weighted by Gasteiger charge is -2.03. The van der Waals surface area contributed by atoms with Gasteiger partial charge in [-0.05, 0) is 30.7 Å². The van der Waals surface area contributed by atoms with Crippen molar-refractivity contribution in [2.45, 2.75) is 20.4 Å². The van der Waals surface area contributed by atoms with Crippen LogP contribution in [0.5, 0.6) is 0 Å². The van der Waals surface area contributed by atoms with Gasteiger partial charge in [0.2, 0.25) is 0 Å². The van der Waals surface area contributed by atoms with Gasteiger partial charge >= 0.3 is 0 Å². The molecule has 0 bridgehead atoms. The summed E-state index contributed by atoms with van der Waals surface area (Å²) < 4.78 is 0. The van der Waals surface area contributed by atoms with Crippen molar-refractivity contribution in [1.29, 1.82) is 0 Å². The highest BCUT2D eigenvalue weighted by atomic mass is 16.1. The van der Waals surface area contributed by atoms with Crippen LogP contribution < -0.4 is 5.32 Å². The van der Waals surface area contributed by atoms with E-state index in [-0.39, 0.29) is 11.9 Å². The third-order valence-corrected chi connectivity index (χ3v) is 2.35. The number of nitrogens with zero attached hydrogens (tertiary/aromatic N) is 4. The van der Waals surface area contributed by atoms with Crippen molar-refractivity contribution in [1.82, 2.24) is 20.2 Å². The summed E-state index contributed by atoms with van der Waals surface area (Å²) >= 11 is 0. The fraction of sp³-hybridized carbons (Fsp3) is 0.273. The number of carbonyl (C=O) groups excluding carboxylic acids is 1. The Labute approximate surface area is 98.6 Å². The summed E-state index contributed by atoms with van der Waals surface area (Å²) in [6.07, 6.45) is 0. The van der Waals surface area contributed by atoms with Crippen LogP contribution in [0.3, 0.4) is 0 Å². The van der Waals surface area contributed by atoms with Crippen LogP contribution in [0, 0.1) is 6.92 Å². The number of benzene rings is 1. The van der Waals surface area contributed by atoms with Gasteiger partial charge in [0.1, 0.15) is 0 Å². The van der Waals surface area contributed by atoms with Gasteiger partial charge in [-0.25, -0.2) is 0 Å². The fourth-order valence-electron chi connectivity index (χ4n) is 1.42. The zero-order valence-corrected chi connectivity index (χ0v) is 9.71. The van der Waals surface area contributed by atoms with Crippen molar-refractivity contribution < 1.29 is 4.79 Å². The van der Waals surface area contributed by atoms with E-state index in [4.69, 9.17) is 0 Å². The Morgan fingerprint density at radius 1 is 1.41 bits per heavy atom. The second-order valence-corrected chi connectivity index (χ2v) is 3.57. The van der Waals surface area contributed by atoms with Crippen molar-refractivity contribution in [3.05, 3.63) is 35.4 Å². The molecule has 6 nitrogen and oxygen atoms in total. The number of hydrogen-bond donors (Lipinski definition) is 1. The Morgan fingerprint density at radius 3 is 2.82 bits per heavy atom. The summed E-state index contributed by atoms with van der Waals surface area (Å²) in [5, 5.41) is 14.1. The molecule has 0 unspecified atom stereocenters. The van der Waals surface area contributed by atoms with E-state index in [0.29, 0.717) is 12.1 Å². The monoisotopic (exact) mass is 231 g/mol. The average Bonchev–Trinajstić information content (AvgIpc) is 2.77. The largest absolute Gasteiger partial charge is 0.288 e. The molecule has 0 spiro atoms. The summed E-state index contributed by atoms with van der Waals surface area (Å²) in [7, 11) is 0. The molecule has 1 aromatic heterocycles. The molecule has 2 rings (SSSR count). The van der Waals surface area contributed by atoms with E-state index in [2.05, 4.69) is 20.7 Å². The van der Waals surface area contributed by atoms with Crippen LogP contribution in [0.25, 0.3) is 0 Å². The number of rotatable bonds is 3. The van der Waals surface area contributed by atoms with Gasteiger partial charge in [-0.1, -0.05) is 23.3 Å². The van der Waals surface area contributed by atoms with Crippen LogP contribution in [0.4, 0.5) is 5.95 Å². The lowest BCUT2D eigenvalue weighted by molar-refractivity contribution is 0.102. The van der Waals surface area contributed by atoms with Crippen LogP contribution in [0.2, 0.25) is 0 Å². The topological polar surface area (TPSA) is 72.7 Å². The van der Waals surface area contributed by atoms with Gasteiger partial charge in [0, 0.05) is 5.56 Å². The van der Waals surface area contributed by atoms with E-state index in [9.17, 15) is 4.79 Å². The number of tetrazole rings is 1. The smallest absolute Gasteiger partial charge is 0.270 e. The Morgan fingerprint density at radius 2 is 2.18 bits per heavy atom. The Bertz CT molecular complexity index is 534. The Kier molecular flexibility index (Phi) is 3.13. The molecule has 1 amide bonds. The first-order chi connectivity index (χ1) is 8.20. The molecule has 1 heterocycles. The standard InChI is InChI=1S/C11H13N5O/c1-3-16-14-11(13-15-16)12-10(17)9-7-5-4-6-8(9)2/h4-7H,3H2,1-2H3,(H,12,14,17). The molecule has 2 aromatic rings. The number of carbonyl (C=O) groups is 1. The number of hydrogen-bond acceptors (Lipinski definition) is 4. The van der Waals surface area contributed by atoms with Gasteiger partial charge in [0.15, 0.2) is 0 Å². The zero-order valence-electron chi connectivity index (χ0n) is 9.71. The van der Waals surface area contributed by atoms with Crippen LogP contribution in [0.1, 0.15) is 22.8 Å². The zero-order chi connectivity index (χ0) is 12.3. The highest BCUT2D eigenvalue weighted by molar-refractivity contribution is 6.04. The molecule has 1 N–H and O–H groups in total. The van der Waals surface area contributed by atoms with Crippen LogP contribution in [-0.4, -0.2) is 26.1 Å². The first kappa shape index (κ1) is 11.3. The maximum absolute atomic E-state index is 11.9. The predicted molar refractivity (Wildman–Crippen MR) is 62.6 cm³/mol. The molecule has 1 aromatic carbocycles. The van der Waals surface area contributed by atoms with Crippen molar-refractivity contribution in [3.8, 4) is 0 Å². The predicted octanol–water partition coefficient (Wildman–Crippen LogP) is 1.25. The lowest BCUT2D eigenvalue weighted by Crippen LogP contribution is -2.14. The quantitative estimate of drug-likeness (QED) is 0.862. The summed E-state index contributed by atoms with van der Waals surface area (Å²) in [5.74, 6) is -0.00106. The molecular formula is C11H13N5O. The first-order valence-corrected chi connectivity index (χ1v) is 5.35. The third kappa shape index (κ3) is 2.47. The maximum Gasteiger partial charge on any atom is 0.270 e. The molecule has 0 radical (unpaired) electrons. The van der Waals surface area contributed by atoms with E-state index < -0.39 is 0 Å². The van der Waals surface area contributed by atoms with E-state index in [1.54, 1.807) is 6.07 Å². The molecule has 0 fully saturated rings. The highest BCUT2D eigenvalue weighted by Crippen LogP contribution is 2.08. The van der Waals surface area contributed by atoms with E-state index >= 15 is 0 Å². The minimum atomic E-state index is -0.223. The molecule has 0 aliphatic heterocycles. The molecule has 17 heavy (non-hydrogen) atoms. The third-order valence-electron chi connectivity index (χ3n) is 2.35. The highest BCUT2D eigenvalue weighted by Gasteiger charge is 2.11. The molecule has 0 saturated carbocycles. The fourth-order valence-corrected chi connectivity index (χ4v) is 1.42. The minimum absolute atomic E-state index is 0.222. The van der Waals surface area contributed by atoms with Crippen molar-refractivity contribution in [2.24, 2.45) is 0 Å². The number of nitrogens with one attached hydrogen (secondary N) is 1. The van der Waals surface area contributed by atoms with Gasteiger partial charge in [0.05, 0.1) is 6.54 Å². The summed E-state index contributed by atoms with van der Waals surface area (Å²) in [5.41, 5.74) is 1.52. The molecule has 88 valence electrons. The Balaban J connectivity index is 2.14. The van der Waals surface area contributed by atoms with E-state index in [0.717, 1.165) is 5.56 Å². The van der Waals surface area contributed by atoms with Crippen LogP contribution in [-0.2, 0) is 6.54 Å². The van der Waals surface area contributed by atoms with Gasteiger partial charge < -0.3 is 0 Å². The normalized spacial score (nSPS) is 10.2. The summed E-state index contributed by atoms with van der Waals surface area (Å²) in [6, 6.07) is 7.34. The SMILES string of the molecule is CCn1nnc(NC(=O)c2ccccc2C)n1. The van der Waals surface area contributed by atoms with Crippen molar-refractivity contribution in [2.75, 3.05) is 5.32 Å². The number of aryl methyl sites for hydroxylation is 2. The summed E-state index contributed by atoms with van der Waals surface area (Å²) in [4.78, 5) is 13.3.